The Morgan fingerprint density at radius 2 is 1.94 bits per heavy atom. The number of halogens is 1. The molecule has 0 bridgehead atoms. The number of aromatic nitrogens is 1. The Morgan fingerprint density at radius 3 is 2.61 bits per heavy atom. The van der Waals surface area contributed by atoms with Crippen LogP contribution < -0.4 is 11.1 Å². The largest absolute Gasteiger partial charge is 0.364 e. The highest BCUT2D eigenvalue weighted by Gasteiger charge is 2.29. The van der Waals surface area contributed by atoms with Gasteiger partial charge in [0, 0.05) is 37.6 Å². The Kier molecular flexibility index (Phi) is 5.77. The molecule has 1 aliphatic heterocycles. The molecule has 2 heterocycles. The Labute approximate surface area is 182 Å². The van der Waals surface area contributed by atoms with E-state index in [2.05, 4.69) is 42.0 Å². The maximum absolute atomic E-state index is 13.4. The molecule has 4 rings (SSSR count). The first-order chi connectivity index (χ1) is 14.7. The Hall–Kier alpha value is -2.83. The van der Waals surface area contributed by atoms with Crippen LogP contribution in [-0.2, 0) is 6.54 Å². The molecule has 3 N–H and O–H groups in total. The molecule has 5 nitrogen and oxygen atoms in total. The molecule has 1 atom stereocenters. The van der Waals surface area contributed by atoms with Gasteiger partial charge in [-0.2, -0.15) is 0 Å². The molecule has 1 unspecified atom stereocenters. The summed E-state index contributed by atoms with van der Waals surface area (Å²) in [5, 5.41) is 4.53. The normalized spacial score (nSPS) is 17.7. The van der Waals surface area contributed by atoms with Gasteiger partial charge in [0.15, 0.2) is 0 Å². The molecule has 1 fully saturated rings. The van der Waals surface area contributed by atoms with E-state index in [0.717, 1.165) is 53.8 Å². The number of nitrogens with two attached hydrogens (primary N) is 1. The fraction of sp³-hybridized carbons (Fsp3) is 0.360. The number of nitrogens with zero attached hydrogens (tertiary/aromatic N) is 2. The SMILES string of the molecule is CC(C)(C)C1CN(Cc2ccc3c(-c4ccc(F)cc4)cc(C(N)=O)nc3c2)CCN1. The van der Waals surface area contributed by atoms with Gasteiger partial charge in [-0.15, -0.1) is 0 Å². The molecular weight excluding hydrogens is 391 g/mol. The molecular formula is C25H29FN4O. The summed E-state index contributed by atoms with van der Waals surface area (Å²) in [6, 6.07) is 14.5. The molecule has 1 saturated heterocycles. The van der Waals surface area contributed by atoms with Crippen molar-refractivity contribution in [3.8, 4) is 11.1 Å². The molecule has 6 heteroatoms. The Morgan fingerprint density at radius 1 is 1.19 bits per heavy atom. The standard InChI is InChI=1S/C25H29FN4O/c1-25(2,3)23-15-30(11-10-28-23)14-16-4-9-19-20(17-5-7-18(26)8-6-17)13-22(24(27)31)29-21(19)12-16/h4-9,12-13,23,28H,10-11,14-15H2,1-3H3,(H2,27,31). The van der Waals surface area contributed by atoms with E-state index < -0.39 is 5.91 Å². The predicted molar refractivity (Wildman–Crippen MR) is 122 cm³/mol. The number of hydrogen-bond acceptors (Lipinski definition) is 4. The topological polar surface area (TPSA) is 71.2 Å². The average molecular weight is 421 g/mol. The number of rotatable bonds is 4. The van der Waals surface area contributed by atoms with Crippen molar-refractivity contribution in [3.63, 3.8) is 0 Å². The summed E-state index contributed by atoms with van der Waals surface area (Å²) in [6.07, 6.45) is 0. The van der Waals surface area contributed by atoms with Crippen LogP contribution in [0.15, 0.2) is 48.5 Å². The molecule has 0 aliphatic carbocycles. The van der Waals surface area contributed by atoms with Crippen molar-refractivity contribution in [1.29, 1.82) is 0 Å². The highest BCUT2D eigenvalue weighted by Crippen LogP contribution is 2.30. The van der Waals surface area contributed by atoms with Gasteiger partial charge in [0.1, 0.15) is 11.5 Å². The van der Waals surface area contributed by atoms with Gasteiger partial charge < -0.3 is 11.1 Å². The zero-order valence-corrected chi connectivity index (χ0v) is 18.3. The first kappa shape index (κ1) is 21.4. The number of carbonyl (C=O) groups is 1. The summed E-state index contributed by atoms with van der Waals surface area (Å²) >= 11 is 0. The lowest BCUT2D eigenvalue weighted by Gasteiger charge is -2.40. The number of pyridine rings is 1. The van der Waals surface area contributed by atoms with Gasteiger partial charge in [0.05, 0.1) is 5.52 Å². The smallest absolute Gasteiger partial charge is 0.267 e. The van der Waals surface area contributed by atoms with E-state index in [1.54, 1.807) is 18.2 Å². The minimum Gasteiger partial charge on any atom is -0.364 e. The molecule has 31 heavy (non-hydrogen) atoms. The molecule has 0 radical (unpaired) electrons. The quantitative estimate of drug-likeness (QED) is 0.670. The lowest BCUT2D eigenvalue weighted by Crippen LogP contribution is -2.55. The number of amides is 1. The fourth-order valence-corrected chi connectivity index (χ4v) is 4.16. The molecule has 1 amide bonds. The second kappa shape index (κ2) is 8.36. The number of primary amides is 1. The highest BCUT2D eigenvalue weighted by molar-refractivity contribution is 6.00. The lowest BCUT2D eigenvalue weighted by molar-refractivity contribution is 0.0996. The van der Waals surface area contributed by atoms with Crippen molar-refractivity contribution < 1.29 is 9.18 Å². The summed E-state index contributed by atoms with van der Waals surface area (Å²) in [5.41, 5.74) is 9.45. The van der Waals surface area contributed by atoms with E-state index in [4.69, 9.17) is 5.73 Å². The Balaban J connectivity index is 1.68. The fourth-order valence-electron chi connectivity index (χ4n) is 4.16. The number of fused-ring (bicyclic) bond motifs is 1. The van der Waals surface area contributed by atoms with Crippen molar-refractivity contribution >= 4 is 16.8 Å². The number of carbonyl (C=O) groups excluding carboxylic acids is 1. The van der Waals surface area contributed by atoms with Crippen LogP contribution in [0.25, 0.3) is 22.0 Å². The van der Waals surface area contributed by atoms with E-state index in [0.29, 0.717) is 6.04 Å². The second-order valence-electron chi connectivity index (χ2n) is 9.39. The first-order valence-corrected chi connectivity index (χ1v) is 10.7. The van der Waals surface area contributed by atoms with Crippen LogP contribution >= 0.6 is 0 Å². The van der Waals surface area contributed by atoms with Crippen molar-refractivity contribution in [3.05, 3.63) is 65.6 Å². The molecule has 0 saturated carbocycles. The van der Waals surface area contributed by atoms with Crippen LogP contribution in [0.3, 0.4) is 0 Å². The van der Waals surface area contributed by atoms with Gasteiger partial charge in [-0.05, 0) is 46.4 Å². The van der Waals surface area contributed by atoms with Crippen LogP contribution in [0, 0.1) is 11.2 Å². The number of piperazine rings is 1. The van der Waals surface area contributed by atoms with Crippen LogP contribution in [-0.4, -0.2) is 41.5 Å². The summed E-state index contributed by atoms with van der Waals surface area (Å²) in [5.74, 6) is -0.880. The predicted octanol–water partition coefficient (Wildman–Crippen LogP) is 3.96. The van der Waals surface area contributed by atoms with Crippen LogP contribution in [0.5, 0.6) is 0 Å². The van der Waals surface area contributed by atoms with Gasteiger partial charge in [0.2, 0.25) is 0 Å². The van der Waals surface area contributed by atoms with Gasteiger partial charge in [0.25, 0.3) is 5.91 Å². The maximum Gasteiger partial charge on any atom is 0.267 e. The molecule has 0 spiro atoms. The number of benzene rings is 2. The molecule has 162 valence electrons. The van der Waals surface area contributed by atoms with Gasteiger partial charge in [-0.1, -0.05) is 45.0 Å². The molecule has 3 aromatic rings. The van der Waals surface area contributed by atoms with Gasteiger partial charge in [-0.25, -0.2) is 9.37 Å². The summed E-state index contributed by atoms with van der Waals surface area (Å²) in [7, 11) is 0. The molecule has 2 aromatic carbocycles. The first-order valence-electron chi connectivity index (χ1n) is 10.7. The third-order valence-electron chi connectivity index (χ3n) is 5.99. The summed E-state index contributed by atoms with van der Waals surface area (Å²) in [6.45, 7) is 10.5. The van der Waals surface area contributed by atoms with E-state index >= 15 is 0 Å². The maximum atomic E-state index is 13.4. The van der Waals surface area contributed by atoms with E-state index in [9.17, 15) is 9.18 Å². The van der Waals surface area contributed by atoms with Gasteiger partial charge >= 0.3 is 0 Å². The third kappa shape index (κ3) is 4.75. The zero-order valence-electron chi connectivity index (χ0n) is 18.3. The monoisotopic (exact) mass is 420 g/mol. The third-order valence-corrected chi connectivity index (χ3v) is 5.99. The minimum atomic E-state index is -0.578. The zero-order chi connectivity index (χ0) is 22.2. The van der Waals surface area contributed by atoms with Gasteiger partial charge in [-0.3, -0.25) is 9.69 Å². The molecule has 1 aliphatic rings. The number of nitrogens with one attached hydrogen (secondary N) is 1. The van der Waals surface area contributed by atoms with Crippen molar-refractivity contribution in [1.82, 2.24) is 15.2 Å². The lowest BCUT2D eigenvalue weighted by atomic mass is 9.85. The van der Waals surface area contributed by atoms with Crippen LogP contribution in [0.4, 0.5) is 4.39 Å². The highest BCUT2D eigenvalue weighted by atomic mass is 19.1. The van der Waals surface area contributed by atoms with E-state index in [-0.39, 0.29) is 16.9 Å². The van der Waals surface area contributed by atoms with Crippen molar-refractivity contribution in [2.24, 2.45) is 11.1 Å². The average Bonchev–Trinajstić information content (AvgIpc) is 2.73. The summed E-state index contributed by atoms with van der Waals surface area (Å²) < 4.78 is 13.4. The minimum absolute atomic E-state index is 0.198. The van der Waals surface area contributed by atoms with Crippen LogP contribution in [0.1, 0.15) is 36.8 Å². The van der Waals surface area contributed by atoms with E-state index in [1.165, 1.54) is 12.1 Å². The van der Waals surface area contributed by atoms with Crippen molar-refractivity contribution in [2.75, 3.05) is 19.6 Å². The van der Waals surface area contributed by atoms with Crippen LogP contribution in [0.2, 0.25) is 0 Å². The molecule has 1 aromatic heterocycles. The van der Waals surface area contributed by atoms with E-state index in [1.807, 2.05) is 12.1 Å². The number of hydrogen-bond donors (Lipinski definition) is 2. The summed E-state index contributed by atoms with van der Waals surface area (Å²) in [4.78, 5) is 18.9. The van der Waals surface area contributed by atoms with Crippen molar-refractivity contribution in [2.45, 2.75) is 33.4 Å². The Bertz CT molecular complexity index is 1100. The second-order valence-corrected chi connectivity index (χ2v) is 9.39.